The first-order valence-corrected chi connectivity index (χ1v) is 7.71. The van der Waals surface area contributed by atoms with Gasteiger partial charge in [-0.3, -0.25) is 0 Å². The van der Waals surface area contributed by atoms with E-state index in [0.29, 0.717) is 0 Å². The van der Waals surface area contributed by atoms with Gasteiger partial charge in [0.2, 0.25) is 0 Å². The summed E-state index contributed by atoms with van der Waals surface area (Å²) in [5.41, 5.74) is 4.76. The zero-order valence-corrected chi connectivity index (χ0v) is 11.6. The molecule has 0 bridgehead atoms. The van der Waals surface area contributed by atoms with Crippen LogP contribution in [0.3, 0.4) is 0 Å². The lowest BCUT2D eigenvalue weighted by Crippen LogP contribution is -2.32. The zero-order valence-electron chi connectivity index (χ0n) is 11.6. The number of rotatable bonds is 2. The number of aryl methyl sites for hydroxylation is 3. The molecule has 1 heteroatoms. The molecule has 1 aliphatic carbocycles. The first kappa shape index (κ1) is 12.2. The molecule has 1 atom stereocenters. The van der Waals surface area contributed by atoms with Crippen LogP contribution in [0.5, 0.6) is 0 Å². The number of likely N-dealkylation sites (tertiary alicyclic amines) is 1. The van der Waals surface area contributed by atoms with Crippen LogP contribution in [0.4, 0.5) is 0 Å². The topological polar surface area (TPSA) is 3.24 Å². The Morgan fingerprint density at radius 2 is 1.78 bits per heavy atom. The fraction of sp³-hybridized carbons (Fsp3) is 0.647. The normalized spacial score (nSPS) is 24.8. The summed E-state index contributed by atoms with van der Waals surface area (Å²) < 4.78 is 0. The van der Waals surface area contributed by atoms with Gasteiger partial charge in [0.1, 0.15) is 0 Å². The minimum absolute atomic E-state index is 0.852. The summed E-state index contributed by atoms with van der Waals surface area (Å²) in [6.07, 6.45) is 9.35. The van der Waals surface area contributed by atoms with E-state index < -0.39 is 0 Å². The van der Waals surface area contributed by atoms with E-state index in [1.165, 1.54) is 63.6 Å². The summed E-state index contributed by atoms with van der Waals surface area (Å²) in [6.45, 7) is 4.95. The molecule has 0 radical (unpaired) electrons. The van der Waals surface area contributed by atoms with E-state index in [9.17, 15) is 0 Å². The molecule has 0 amide bonds. The first-order valence-electron chi connectivity index (χ1n) is 7.71. The number of benzene rings is 1. The van der Waals surface area contributed by atoms with Crippen LogP contribution in [0, 0.1) is 0 Å². The van der Waals surface area contributed by atoms with Crippen molar-refractivity contribution in [1.82, 2.24) is 4.90 Å². The Morgan fingerprint density at radius 3 is 2.50 bits per heavy atom. The van der Waals surface area contributed by atoms with Gasteiger partial charge in [0.05, 0.1) is 0 Å². The maximum absolute atomic E-state index is 2.74. The summed E-state index contributed by atoms with van der Waals surface area (Å²) in [6, 6.07) is 8.03. The molecular weight excluding hydrogens is 218 g/mol. The number of hydrogen-bond donors (Lipinski definition) is 0. The molecule has 1 nitrogen and oxygen atoms in total. The molecule has 2 aliphatic rings. The fourth-order valence-corrected chi connectivity index (χ4v) is 3.64. The van der Waals surface area contributed by atoms with Crippen molar-refractivity contribution in [2.45, 2.75) is 57.9 Å². The van der Waals surface area contributed by atoms with Gasteiger partial charge in [0.15, 0.2) is 0 Å². The van der Waals surface area contributed by atoms with Gasteiger partial charge in [-0.2, -0.15) is 0 Å². The van der Waals surface area contributed by atoms with Crippen LogP contribution >= 0.6 is 0 Å². The maximum Gasteiger partial charge on any atom is 0.0102 e. The second-order valence-electron chi connectivity index (χ2n) is 5.93. The van der Waals surface area contributed by atoms with E-state index in [2.05, 4.69) is 30.0 Å². The van der Waals surface area contributed by atoms with Gasteiger partial charge in [0.25, 0.3) is 0 Å². The van der Waals surface area contributed by atoms with Crippen molar-refractivity contribution in [3.63, 3.8) is 0 Å². The van der Waals surface area contributed by atoms with Crippen LogP contribution in [0.1, 0.15) is 49.3 Å². The van der Waals surface area contributed by atoms with Gasteiger partial charge >= 0.3 is 0 Å². The summed E-state index contributed by atoms with van der Waals surface area (Å²) in [5, 5.41) is 0. The third-order valence-corrected chi connectivity index (χ3v) is 4.83. The van der Waals surface area contributed by atoms with Crippen LogP contribution in [-0.4, -0.2) is 24.0 Å². The number of fused-ring (bicyclic) bond motifs is 1. The fourth-order valence-electron chi connectivity index (χ4n) is 3.64. The Hall–Kier alpha value is -0.820. The lowest BCUT2D eigenvalue weighted by atomic mass is 9.99. The van der Waals surface area contributed by atoms with Crippen LogP contribution in [0.2, 0.25) is 0 Å². The average molecular weight is 243 g/mol. The maximum atomic E-state index is 2.74. The largest absolute Gasteiger partial charge is 0.300 e. The van der Waals surface area contributed by atoms with Gasteiger partial charge in [-0.15, -0.1) is 0 Å². The standard InChI is InChI=1S/C17H25N/c1-2-14-5-6-15-7-9-17(10-8-16(15)13-14)18-11-3-4-12-18/h5-6,13,17H,2-4,7-12H2,1H3/t17-/m1/s1. The van der Waals surface area contributed by atoms with E-state index in [1.807, 2.05) is 0 Å². The summed E-state index contributed by atoms with van der Waals surface area (Å²) >= 11 is 0. The predicted octanol–water partition coefficient (Wildman–Crippen LogP) is 3.59. The molecule has 1 aromatic rings. The highest BCUT2D eigenvalue weighted by atomic mass is 15.2. The van der Waals surface area contributed by atoms with Crippen molar-refractivity contribution in [3.8, 4) is 0 Å². The lowest BCUT2D eigenvalue weighted by Gasteiger charge is -2.25. The number of hydrogen-bond acceptors (Lipinski definition) is 1. The van der Waals surface area contributed by atoms with Crippen LogP contribution in [0.25, 0.3) is 0 Å². The second kappa shape index (κ2) is 5.44. The Labute approximate surface area is 111 Å². The van der Waals surface area contributed by atoms with Gasteiger partial charge in [-0.05, 0) is 74.7 Å². The third-order valence-electron chi connectivity index (χ3n) is 4.83. The Balaban J connectivity index is 1.73. The van der Waals surface area contributed by atoms with Crippen molar-refractivity contribution >= 4 is 0 Å². The highest BCUT2D eigenvalue weighted by molar-refractivity contribution is 5.33. The van der Waals surface area contributed by atoms with Crippen LogP contribution in [-0.2, 0) is 19.3 Å². The van der Waals surface area contributed by atoms with E-state index in [4.69, 9.17) is 0 Å². The van der Waals surface area contributed by atoms with E-state index >= 15 is 0 Å². The van der Waals surface area contributed by atoms with Gasteiger partial charge in [0, 0.05) is 6.04 Å². The smallest absolute Gasteiger partial charge is 0.0102 e. The van der Waals surface area contributed by atoms with Crippen molar-refractivity contribution in [3.05, 3.63) is 34.9 Å². The van der Waals surface area contributed by atoms with Crippen molar-refractivity contribution in [1.29, 1.82) is 0 Å². The molecule has 1 fully saturated rings. The molecule has 18 heavy (non-hydrogen) atoms. The number of nitrogens with zero attached hydrogens (tertiary/aromatic N) is 1. The molecular formula is C17H25N. The molecule has 0 unspecified atom stereocenters. The van der Waals surface area contributed by atoms with Gasteiger partial charge in [-0.25, -0.2) is 0 Å². The Bertz CT molecular complexity index is 404. The quantitative estimate of drug-likeness (QED) is 0.718. The van der Waals surface area contributed by atoms with Gasteiger partial charge < -0.3 is 4.90 Å². The summed E-state index contributed by atoms with van der Waals surface area (Å²) in [4.78, 5) is 2.74. The second-order valence-corrected chi connectivity index (χ2v) is 5.93. The minimum atomic E-state index is 0.852. The van der Waals surface area contributed by atoms with Gasteiger partial charge in [-0.1, -0.05) is 25.1 Å². The monoisotopic (exact) mass is 243 g/mol. The highest BCUT2D eigenvalue weighted by Gasteiger charge is 2.24. The third kappa shape index (κ3) is 2.47. The lowest BCUT2D eigenvalue weighted by molar-refractivity contribution is 0.222. The van der Waals surface area contributed by atoms with Crippen molar-refractivity contribution in [2.24, 2.45) is 0 Å². The van der Waals surface area contributed by atoms with E-state index in [0.717, 1.165) is 6.04 Å². The molecule has 1 aromatic carbocycles. The predicted molar refractivity (Wildman–Crippen MR) is 77.1 cm³/mol. The van der Waals surface area contributed by atoms with E-state index in [-0.39, 0.29) is 0 Å². The molecule has 0 N–H and O–H groups in total. The molecule has 0 spiro atoms. The Kier molecular flexibility index (Phi) is 3.69. The van der Waals surface area contributed by atoms with Crippen LogP contribution in [0.15, 0.2) is 18.2 Å². The summed E-state index contributed by atoms with van der Waals surface area (Å²) in [7, 11) is 0. The average Bonchev–Trinajstić information content (AvgIpc) is 2.85. The molecule has 3 rings (SSSR count). The molecule has 1 heterocycles. The molecule has 0 aromatic heterocycles. The molecule has 1 aliphatic heterocycles. The minimum Gasteiger partial charge on any atom is -0.300 e. The van der Waals surface area contributed by atoms with Crippen molar-refractivity contribution in [2.75, 3.05) is 13.1 Å². The SMILES string of the molecule is CCc1ccc2c(c1)CC[C@H](N1CCCC1)CC2. The molecule has 98 valence electrons. The molecule has 0 saturated carbocycles. The van der Waals surface area contributed by atoms with Crippen molar-refractivity contribution < 1.29 is 0 Å². The zero-order chi connectivity index (χ0) is 12.4. The first-order chi connectivity index (χ1) is 8.86. The summed E-state index contributed by atoms with van der Waals surface area (Å²) in [5.74, 6) is 0. The van der Waals surface area contributed by atoms with Crippen LogP contribution < -0.4 is 0 Å². The molecule has 1 saturated heterocycles. The Morgan fingerprint density at radius 1 is 1.06 bits per heavy atom. The van der Waals surface area contributed by atoms with E-state index in [1.54, 1.807) is 11.1 Å². The highest BCUT2D eigenvalue weighted by Crippen LogP contribution is 2.26.